The van der Waals surface area contributed by atoms with Crippen molar-refractivity contribution < 1.29 is 17.9 Å². The summed E-state index contributed by atoms with van der Waals surface area (Å²) >= 11 is 0. The highest BCUT2D eigenvalue weighted by atomic mass is 19.4. The molecular formula is C9H16F3NO. The first-order chi connectivity index (χ1) is 6.45. The third-order valence-electron chi connectivity index (χ3n) is 2.74. The smallest absolute Gasteiger partial charge is 0.381 e. The van der Waals surface area contributed by atoms with Crippen LogP contribution in [0, 0.1) is 0 Å². The van der Waals surface area contributed by atoms with E-state index >= 15 is 0 Å². The molecule has 0 saturated heterocycles. The van der Waals surface area contributed by atoms with Gasteiger partial charge in [-0.25, -0.2) is 0 Å². The molecule has 84 valence electrons. The highest BCUT2D eigenvalue weighted by Crippen LogP contribution is 2.46. The van der Waals surface area contributed by atoms with Crippen molar-refractivity contribution in [1.82, 2.24) is 5.32 Å². The zero-order chi connectivity index (χ0) is 10.8. The van der Waals surface area contributed by atoms with Crippen molar-refractivity contribution in [3.8, 4) is 0 Å². The fourth-order valence-electron chi connectivity index (χ4n) is 1.72. The van der Waals surface area contributed by atoms with Crippen LogP contribution in [0.5, 0.6) is 0 Å². The van der Waals surface area contributed by atoms with E-state index in [9.17, 15) is 13.2 Å². The average molecular weight is 211 g/mol. The third kappa shape index (κ3) is 2.03. The van der Waals surface area contributed by atoms with Gasteiger partial charge in [0.15, 0.2) is 0 Å². The van der Waals surface area contributed by atoms with Crippen LogP contribution in [0.2, 0.25) is 0 Å². The second-order valence-corrected chi connectivity index (χ2v) is 3.77. The monoisotopic (exact) mass is 211 g/mol. The van der Waals surface area contributed by atoms with Crippen molar-refractivity contribution in [2.75, 3.05) is 13.7 Å². The van der Waals surface area contributed by atoms with E-state index in [1.165, 1.54) is 7.11 Å². The van der Waals surface area contributed by atoms with Crippen LogP contribution in [0.1, 0.15) is 26.2 Å². The van der Waals surface area contributed by atoms with Crippen molar-refractivity contribution >= 4 is 0 Å². The molecule has 0 spiro atoms. The molecule has 1 saturated carbocycles. The molecule has 14 heavy (non-hydrogen) atoms. The standard InChI is InChI=1S/C9H16F3NO/c1-3-4-13-8(9(10,11)12)5-7(6-8)14-2/h7,13H,3-6H2,1-2H3. The Labute approximate surface area is 81.8 Å². The van der Waals surface area contributed by atoms with E-state index in [4.69, 9.17) is 4.74 Å². The molecule has 0 atom stereocenters. The SMILES string of the molecule is CCCNC1(C(F)(F)F)CC(OC)C1. The number of alkyl halides is 3. The van der Waals surface area contributed by atoms with Crippen LogP contribution >= 0.6 is 0 Å². The summed E-state index contributed by atoms with van der Waals surface area (Å²) in [6.07, 6.45) is -3.65. The first kappa shape index (κ1) is 11.8. The third-order valence-corrected chi connectivity index (χ3v) is 2.74. The zero-order valence-corrected chi connectivity index (χ0v) is 8.45. The van der Waals surface area contributed by atoms with Gasteiger partial charge < -0.3 is 10.1 Å². The Kier molecular flexibility index (Phi) is 3.42. The first-order valence-electron chi connectivity index (χ1n) is 4.80. The lowest BCUT2D eigenvalue weighted by Gasteiger charge is -2.48. The molecule has 1 fully saturated rings. The molecule has 0 radical (unpaired) electrons. The van der Waals surface area contributed by atoms with Gasteiger partial charge in [-0.2, -0.15) is 13.2 Å². The van der Waals surface area contributed by atoms with E-state index in [0.29, 0.717) is 13.0 Å². The second kappa shape index (κ2) is 4.06. The summed E-state index contributed by atoms with van der Waals surface area (Å²) in [6.45, 7) is 2.25. The number of methoxy groups -OCH3 is 1. The quantitative estimate of drug-likeness (QED) is 0.768. The van der Waals surface area contributed by atoms with Gasteiger partial charge in [0.2, 0.25) is 0 Å². The maximum atomic E-state index is 12.7. The Balaban J connectivity index is 2.56. The molecule has 0 aromatic rings. The van der Waals surface area contributed by atoms with Crippen LogP contribution in [0.4, 0.5) is 13.2 Å². The highest BCUT2D eigenvalue weighted by molar-refractivity contribution is 5.07. The minimum Gasteiger partial charge on any atom is -0.381 e. The van der Waals surface area contributed by atoms with E-state index in [1.807, 2.05) is 6.92 Å². The van der Waals surface area contributed by atoms with Gasteiger partial charge in [0.05, 0.1) is 6.10 Å². The van der Waals surface area contributed by atoms with E-state index in [-0.39, 0.29) is 18.9 Å². The molecule has 1 rings (SSSR count). The Morgan fingerprint density at radius 3 is 2.36 bits per heavy atom. The Morgan fingerprint density at radius 1 is 1.43 bits per heavy atom. The van der Waals surface area contributed by atoms with Crippen molar-refractivity contribution in [2.24, 2.45) is 0 Å². The van der Waals surface area contributed by atoms with Gasteiger partial charge in [-0.15, -0.1) is 0 Å². The van der Waals surface area contributed by atoms with Crippen molar-refractivity contribution in [2.45, 2.75) is 44.0 Å². The lowest BCUT2D eigenvalue weighted by molar-refractivity contribution is -0.242. The topological polar surface area (TPSA) is 21.3 Å². The van der Waals surface area contributed by atoms with Gasteiger partial charge in [-0.3, -0.25) is 0 Å². The predicted molar refractivity (Wildman–Crippen MR) is 47.1 cm³/mol. The fraction of sp³-hybridized carbons (Fsp3) is 1.00. The van der Waals surface area contributed by atoms with Crippen LogP contribution in [0.25, 0.3) is 0 Å². The summed E-state index contributed by atoms with van der Waals surface area (Å²) in [6, 6.07) is 0. The molecule has 1 aliphatic rings. The van der Waals surface area contributed by atoms with Crippen LogP contribution in [-0.4, -0.2) is 31.5 Å². The zero-order valence-electron chi connectivity index (χ0n) is 8.45. The normalized spacial score (nSPS) is 32.8. The minimum atomic E-state index is -4.17. The lowest BCUT2D eigenvalue weighted by atomic mass is 9.73. The molecule has 1 aliphatic carbocycles. The summed E-state index contributed by atoms with van der Waals surface area (Å²) in [4.78, 5) is 0. The molecule has 0 bridgehead atoms. The summed E-state index contributed by atoms with van der Waals surface area (Å²) in [5.74, 6) is 0. The summed E-state index contributed by atoms with van der Waals surface area (Å²) in [5, 5.41) is 2.58. The van der Waals surface area contributed by atoms with Crippen LogP contribution in [0.15, 0.2) is 0 Å². The summed E-state index contributed by atoms with van der Waals surface area (Å²) in [7, 11) is 1.45. The van der Waals surface area contributed by atoms with Gasteiger partial charge >= 0.3 is 6.18 Å². The van der Waals surface area contributed by atoms with Crippen molar-refractivity contribution in [3.05, 3.63) is 0 Å². The highest BCUT2D eigenvalue weighted by Gasteiger charge is 2.61. The molecule has 0 heterocycles. The largest absolute Gasteiger partial charge is 0.406 e. The maximum Gasteiger partial charge on any atom is 0.406 e. The molecule has 5 heteroatoms. The Hall–Kier alpha value is -0.290. The molecule has 0 unspecified atom stereocenters. The number of halogens is 3. The number of hydrogen-bond donors (Lipinski definition) is 1. The Morgan fingerprint density at radius 2 is 2.00 bits per heavy atom. The summed E-state index contributed by atoms with van der Waals surface area (Å²) < 4.78 is 42.9. The lowest BCUT2D eigenvalue weighted by Crippen LogP contribution is -2.66. The molecule has 0 aromatic heterocycles. The number of ether oxygens (including phenoxy) is 1. The first-order valence-corrected chi connectivity index (χ1v) is 4.80. The minimum absolute atomic E-state index is 0.0347. The molecule has 1 N–H and O–H groups in total. The van der Waals surface area contributed by atoms with Gasteiger partial charge in [-0.1, -0.05) is 6.92 Å². The van der Waals surface area contributed by atoms with Crippen molar-refractivity contribution in [1.29, 1.82) is 0 Å². The van der Waals surface area contributed by atoms with Gasteiger partial charge in [-0.05, 0) is 13.0 Å². The van der Waals surface area contributed by atoms with E-state index in [1.54, 1.807) is 0 Å². The number of hydrogen-bond acceptors (Lipinski definition) is 2. The number of nitrogens with one attached hydrogen (secondary N) is 1. The van der Waals surface area contributed by atoms with Crippen LogP contribution in [-0.2, 0) is 4.74 Å². The maximum absolute atomic E-state index is 12.7. The van der Waals surface area contributed by atoms with Gasteiger partial charge in [0.1, 0.15) is 5.54 Å². The summed E-state index contributed by atoms with van der Waals surface area (Å²) in [5.41, 5.74) is -1.69. The fourth-order valence-corrected chi connectivity index (χ4v) is 1.72. The van der Waals surface area contributed by atoms with E-state index in [0.717, 1.165) is 0 Å². The average Bonchev–Trinajstić information content (AvgIpc) is 2.00. The molecule has 0 amide bonds. The van der Waals surface area contributed by atoms with E-state index < -0.39 is 11.7 Å². The van der Waals surface area contributed by atoms with Gasteiger partial charge in [0, 0.05) is 20.0 Å². The van der Waals surface area contributed by atoms with Crippen LogP contribution < -0.4 is 5.32 Å². The molecule has 0 aliphatic heterocycles. The Bertz CT molecular complexity index is 181. The second-order valence-electron chi connectivity index (χ2n) is 3.77. The molecule has 0 aromatic carbocycles. The molecule has 2 nitrogen and oxygen atoms in total. The number of rotatable bonds is 4. The van der Waals surface area contributed by atoms with Crippen molar-refractivity contribution in [3.63, 3.8) is 0 Å². The van der Waals surface area contributed by atoms with E-state index in [2.05, 4.69) is 5.32 Å². The molecular weight excluding hydrogens is 195 g/mol. The van der Waals surface area contributed by atoms with Crippen LogP contribution in [0.3, 0.4) is 0 Å². The predicted octanol–water partition coefficient (Wildman–Crippen LogP) is 2.10. The van der Waals surface area contributed by atoms with Gasteiger partial charge in [0.25, 0.3) is 0 Å².